The fourth-order valence-corrected chi connectivity index (χ4v) is 3.32. The van der Waals surface area contributed by atoms with Crippen molar-refractivity contribution in [3.05, 3.63) is 29.8 Å². The van der Waals surface area contributed by atoms with E-state index in [1.54, 1.807) is 0 Å². The predicted octanol–water partition coefficient (Wildman–Crippen LogP) is 2.87. The lowest BCUT2D eigenvalue weighted by Gasteiger charge is -2.34. The molecule has 1 aliphatic rings. The van der Waals surface area contributed by atoms with Crippen molar-refractivity contribution in [2.75, 3.05) is 19.8 Å². The van der Waals surface area contributed by atoms with Gasteiger partial charge in [-0.25, -0.2) is 8.78 Å². The Balaban J connectivity index is 1.90. The number of aliphatic hydroxyl groups excluding tert-OH is 1. The van der Waals surface area contributed by atoms with Gasteiger partial charge in [-0.15, -0.1) is 0 Å². The Labute approximate surface area is 124 Å². The lowest BCUT2D eigenvalue weighted by Crippen LogP contribution is -2.51. The number of halogens is 2. The van der Waals surface area contributed by atoms with Gasteiger partial charge >= 0.3 is 0 Å². The van der Waals surface area contributed by atoms with E-state index >= 15 is 0 Å². The highest BCUT2D eigenvalue weighted by Crippen LogP contribution is 2.37. The molecule has 1 aromatic rings. The van der Waals surface area contributed by atoms with Crippen molar-refractivity contribution in [1.29, 1.82) is 0 Å². The first-order valence-corrected chi connectivity index (χ1v) is 7.55. The van der Waals surface area contributed by atoms with Crippen LogP contribution in [0.5, 0.6) is 5.75 Å². The number of nitrogens with one attached hydrogen (secondary N) is 1. The van der Waals surface area contributed by atoms with Crippen LogP contribution in [0.3, 0.4) is 0 Å². The number of hydrogen-bond acceptors (Lipinski definition) is 3. The van der Waals surface area contributed by atoms with Gasteiger partial charge in [0.25, 0.3) is 0 Å². The molecule has 1 aliphatic carbocycles. The minimum absolute atomic E-state index is 0.0763. The number of benzene rings is 1. The first kappa shape index (κ1) is 16.2. The smallest absolute Gasteiger partial charge is 0.167 e. The molecule has 0 aromatic heterocycles. The van der Waals surface area contributed by atoms with Gasteiger partial charge in [-0.2, -0.15) is 0 Å². The molecule has 2 unspecified atom stereocenters. The van der Waals surface area contributed by atoms with Crippen LogP contribution in [0.25, 0.3) is 0 Å². The summed E-state index contributed by atoms with van der Waals surface area (Å²) in [6.07, 6.45) is 3.79. The first-order valence-electron chi connectivity index (χ1n) is 7.55. The largest absolute Gasteiger partial charge is 0.491 e. The fourth-order valence-electron chi connectivity index (χ4n) is 3.32. The zero-order valence-electron chi connectivity index (χ0n) is 12.4. The topological polar surface area (TPSA) is 41.5 Å². The van der Waals surface area contributed by atoms with Crippen LogP contribution in [0.1, 0.15) is 32.6 Å². The molecule has 1 saturated carbocycles. The molecule has 2 atom stereocenters. The molecule has 5 heteroatoms. The highest BCUT2D eigenvalue weighted by atomic mass is 19.1. The summed E-state index contributed by atoms with van der Waals surface area (Å²) >= 11 is 0. The lowest BCUT2D eigenvalue weighted by atomic mass is 9.85. The Morgan fingerprint density at radius 2 is 2.24 bits per heavy atom. The number of hydrogen-bond donors (Lipinski definition) is 2. The highest BCUT2D eigenvalue weighted by Gasteiger charge is 2.41. The fraction of sp³-hybridized carbons (Fsp3) is 0.625. The molecule has 0 spiro atoms. The summed E-state index contributed by atoms with van der Waals surface area (Å²) in [5, 5.41) is 13.1. The molecule has 2 rings (SSSR count). The summed E-state index contributed by atoms with van der Waals surface area (Å²) in [5.41, 5.74) is -0.237. The molecule has 0 aliphatic heterocycles. The zero-order chi connectivity index (χ0) is 15.3. The van der Waals surface area contributed by atoms with Crippen LogP contribution in [0.2, 0.25) is 0 Å². The maximum absolute atomic E-state index is 13.5. The molecule has 3 nitrogen and oxygen atoms in total. The lowest BCUT2D eigenvalue weighted by molar-refractivity contribution is 0.111. The van der Waals surface area contributed by atoms with E-state index in [0.717, 1.165) is 38.3 Å². The molecule has 0 bridgehead atoms. The quantitative estimate of drug-likeness (QED) is 0.813. The van der Waals surface area contributed by atoms with E-state index < -0.39 is 11.6 Å². The van der Waals surface area contributed by atoms with Crippen LogP contribution < -0.4 is 10.1 Å². The number of aliphatic hydroxyl groups is 1. The Morgan fingerprint density at radius 3 is 2.90 bits per heavy atom. The second kappa shape index (κ2) is 7.18. The molecule has 0 radical (unpaired) electrons. The molecule has 0 heterocycles. The van der Waals surface area contributed by atoms with Crippen LogP contribution in [-0.4, -0.2) is 30.4 Å². The molecule has 21 heavy (non-hydrogen) atoms. The molecule has 0 amide bonds. The molecular formula is C16H23F2NO2. The monoisotopic (exact) mass is 299 g/mol. The van der Waals surface area contributed by atoms with Crippen LogP contribution >= 0.6 is 0 Å². The van der Waals surface area contributed by atoms with Gasteiger partial charge in [-0.05, 0) is 43.9 Å². The van der Waals surface area contributed by atoms with E-state index in [0.29, 0.717) is 12.5 Å². The summed E-state index contributed by atoms with van der Waals surface area (Å²) < 4.78 is 31.7. The van der Waals surface area contributed by atoms with Crippen molar-refractivity contribution in [2.24, 2.45) is 5.92 Å². The molecular weight excluding hydrogens is 276 g/mol. The molecule has 2 N–H and O–H groups in total. The molecule has 0 saturated heterocycles. The second-order valence-electron chi connectivity index (χ2n) is 5.65. The molecule has 1 aromatic carbocycles. The highest BCUT2D eigenvalue weighted by molar-refractivity contribution is 5.24. The average Bonchev–Trinajstić information content (AvgIpc) is 2.85. The summed E-state index contributed by atoms with van der Waals surface area (Å²) in [6.45, 7) is 3.30. The minimum Gasteiger partial charge on any atom is -0.491 e. The van der Waals surface area contributed by atoms with Gasteiger partial charge in [0.15, 0.2) is 11.6 Å². The van der Waals surface area contributed by atoms with Gasteiger partial charge in [-0.1, -0.05) is 13.3 Å². The van der Waals surface area contributed by atoms with Gasteiger partial charge in [0, 0.05) is 11.6 Å². The Hall–Kier alpha value is -1.20. The zero-order valence-corrected chi connectivity index (χ0v) is 12.4. The van der Waals surface area contributed by atoms with Gasteiger partial charge < -0.3 is 15.2 Å². The van der Waals surface area contributed by atoms with Crippen molar-refractivity contribution in [3.63, 3.8) is 0 Å². The predicted molar refractivity (Wildman–Crippen MR) is 77.3 cm³/mol. The van der Waals surface area contributed by atoms with Crippen LogP contribution in [0.15, 0.2) is 18.2 Å². The third kappa shape index (κ3) is 3.71. The minimum atomic E-state index is -0.679. The number of likely N-dealkylation sites (N-methyl/N-ethyl adjacent to an activating group) is 1. The Bertz CT molecular complexity index is 470. The van der Waals surface area contributed by atoms with Gasteiger partial charge in [-0.3, -0.25) is 0 Å². The van der Waals surface area contributed by atoms with Gasteiger partial charge in [0.1, 0.15) is 5.82 Å². The maximum atomic E-state index is 13.5. The first-order chi connectivity index (χ1) is 10.1. The number of ether oxygens (including phenoxy) is 1. The molecule has 1 fully saturated rings. The summed E-state index contributed by atoms with van der Waals surface area (Å²) in [4.78, 5) is 0. The SMILES string of the molecule is CCNC1(CO)CCCC1CCOc1ccc(F)cc1F. The normalized spacial score (nSPS) is 25.2. The number of rotatable bonds is 7. The third-order valence-electron chi connectivity index (χ3n) is 4.39. The maximum Gasteiger partial charge on any atom is 0.167 e. The van der Waals surface area contributed by atoms with E-state index in [1.165, 1.54) is 12.1 Å². The van der Waals surface area contributed by atoms with E-state index in [9.17, 15) is 13.9 Å². The second-order valence-corrected chi connectivity index (χ2v) is 5.65. The van der Waals surface area contributed by atoms with Crippen molar-refractivity contribution in [3.8, 4) is 5.75 Å². The molecule has 118 valence electrons. The van der Waals surface area contributed by atoms with Gasteiger partial charge in [0.2, 0.25) is 0 Å². The average molecular weight is 299 g/mol. The summed E-state index contributed by atoms with van der Waals surface area (Å²) in [7, 11) is 0. The van der Waals surface area contributed by atoms with E-state index in [1.807, 2.05) is 6.92 Å². The van der Waals surface area contributed by atoms with Crippen molar-refractivity contribution in [1.82, 2.24) is 5.32 Å². The Kier molecular flexibility index (Phi) is 5.53. The van der Waals surface area contributed by atoms with Crippen molar-refractivity contribution in [2.45, 2.75) is 38.1 Å². The summed E-state index contributed by atoms with van der Waals surface area (Å²) in [6, 6.07) is 3.31. The van der Waals surface area contributed by atoms with E-state index in [4.69, 9.17) is 4.74 Å². The summed E-state index contributed by atoms with van der Waals surface area (Å²) in [5.74, 6) is -0.901. The van der Waals surface area contributed by atoms with Gasteiger partial charge in [0.05, 0.1) is 13.2 Å². The van der Waals surface area contributed by atoms with Crippen LogP contribution in [0.4, 0.5) is 8.78 Å². The van der Waals surface area contributed by atoms with Crippen molar-refractivity contribution < 1.29 is 18.6 Å². The van der Waals surface area contributed by atoms with E-state index in [-0.39, 0.29) is 17.9 Å². The third-order valence-corrected chi connectivity index (χ3v) is 4.39. The van der Waals surface area contributed by atoms with Crippen molar-refractivity contribution >= 4 is 0 Å². The van der Waals surface area contributed by atoms with E-state index in [2.05, 4.69) is 5.32 Å². The van der Waals surface area contributed by atoms with Crippen LogP contribution in [0, 0.1) is 17.6 Å². The Morgan fingerprint density at radius 1 is 1.43 bits per heavy atom. The van der Waals surface area contributed by atoms with Crippen LogP contribution in [-0.2, 0) is 0 Å². The standard InChI is InChI=1S/C16H23F2NO2/c1-2-19-16(11-20)8-3-4-12(16)7-9-21-15-6-5-13(17)10-14(15)18/h5-6,10,12,19-20H,2-4,7-9,11H2,1H3.